The summed E-state index contributed by atoms with van der Waals surface area (Å²) in [4.78, 5) is 23.1. The minimum Gasteiger partial charge on any atom is -0.480 e. The number of benzene rings is 1. The topological polar surface area (TPSA) is 97.1 Å². The van der Waals surface area contributed by atoms with Gasteiger partial charge in [0.2, 0.25) is 5.91 Å². The Kier molecular flexibility index (Phi) is 4.23. The monoisotopic (exact) mass is 272 g/mol. The van der Waals surface area contributed by atoms with E-state index in [0.717, 1.165) is 10.4 Å². The van der Waals surface area contributed by atoms with Gasteiger partial charge in [0.15, 0.2) is 12.4 Å². The molecular weight excluding hydrogens is 260 g/mol. The second-order valence-corrected chi connectivity index (χ2v) is 3.89. The summed E-state index contributed by atoms with van der Waals surface area (Å²) in [6.45, 7) is -0.351. The molecule has 0 radical (unpaired) electrons. The third-order valence-electron chi connectivity index (χ3n) is 2.29. The van der Waals surface area contributed by atoms with Gasteiger partial charge < -0.3 is 10.4 Å². The van der Waals surface area contributed by atoms with Crippen molar-refractivity contribution in [1.29, 1.82) is 0 Å². The number of carboxylic acid groups (broad SMARTS) is 1. The molecule has 7 heteroatoms. The number of amides is 1. The molecule has 0 unspecified atom stereocenters. The van der Waals surface area contributed by atoms with Crippen molar-refractivity contribution in [3.63, 3.8) is 0 Å². The van der Waals surface area contributed by atoms with Crippen LogP contribution in [0.3, 0.4) is 0 Å². The predicted molar refractivity (Wildman–Crippen MR) is 71.8 cm³/mol. The van der Waals surface area contributed by atoms with Gasteiger partial charge in [0.05, 0.1) is 6.20 Å². The lowest BCUT2D eigenvalue weighted by Gasteiger charge is -1.96. The molecule has 102 valence electrons. The van der Waals surface area contributed by atoms with Crippen molar-refractivity contribution in [3.8, 4) is 0 Å². The zero-order valence-corrected chi connectivity index (χ0v) is 10.4. The molecule has 1 amide bonds. The Morgan fingerprint density at radius 3 is 2.75 bits per heavy atom. The van der Waals surface area contributed by atoms with Crippen molar-refractivity contribution < 1.29 is 14.7 Å². The average Bonchev–Trinajstić information content (AvgIpc) is 2.84. The molecule has 0 bridgehead atoms. The first kappa shape index (κ1) is 13.5. The highest BCUT2D eigenvalue weighted by Gasteiger charge is 2.05. The van der Waals surface area contributed by atoms with Crippen molar-refractivity contribution in [2.75, 3.05) is 5.32 Å². The van der Waals surface area contributed by atoms with Crippen LogP contribution in [0.5, 0.6) is 0 Å². The van der Waals surface area contributed by atoms with Crippen LogP contribution < -0.4 is 5.32 Å². The molecule has 2 N–H and O–H groups in total. The lowest BCUT2D eigenvalue weighted by Crippen LogP contribution is -2.13. The molecule has 1 aromatic carbocycles. The predicted octanol–water partition coefficient (Wildman–Crippen LogP) is 1.01. The number of hydrogen-bond donors (Lipinski definition) is 2. The number of aliphatic carboxylic acids is 1. The number of nitrogens with one attached hydrogen (secondary N) is 1. The number of rotatable bonds is 5. The van der Waals surface area contributed by atoms with Gasteiger partial charge in [-0.15, -0.1) is 5.10 Å². The minimum atomic E-state index is -1.05. The number of nitrogens with zero attached hydrogens (tertiary/aromatic N) is 3. The first-order chi connectivity index (χ1) is 9.63. The lowest BCUT2D eigenvalue weighted by molar-refractivity contribution is -0.138. The molecule has 1 heterocycles. The number of carbonyl (C=O) groups is 2. The van der Waals surface area contributed by atoms with Gasteiger partial charge in [-0.05, 0) is 11.6 Å². The molecule has 0 aliphatic carbocycles. The zero-order chi connectivity index (χ0) is 14.4. The van der Waals surface area contributed by atoms with Crippen LogP contribution in [0.1, 0.15) is 5.56 Å². The van der Waals surface area contributed by atoms with Crippen LogP contribution in [0.4, 0.5) is 5.82 Å². The molecule has 7 nitrogen and oxygen atoms in total. The van der Waals surface area contributed by atoms with Gasteiger partial charge in [0, 0.05) is 6.08 Å². The maximum atomic E-state index is 11.6. The highest BCUT2D eigenvalue weighted by molar-refractivity contribution is 6.01. The van der Waals surface area contributed by atoms with E-state index in [9.17, 15) is 9.59 Å². The van der Waals surface area contributed by atoms with Crippen molar-refractivity contribution in [1.82, 2.24) is 15.0 Å². The van der Waals surface area contributed by atoms with Crippen LogP contribution in [0.2, 0.25) is 0 Å². The number of anilines is 1. The van der Waals surface area contributed by atoms with Gasteiger partial charge in [-0.2, -0.15) is 9.90 Å². The maximum absolute atomic E-state index is 11.6. The first-order valence-corrected chi connectivity index (χ1v) is 5.79. The minimum absolute atomic E-state index is 0.203. The summed E-state index contributed by atoms with van der Waals surface area (Å²) >= 11 is 0. The van der Waals surface area contributed by atoms with E-state index in [1.54, 1.807) is 6.08 Å². The van der Waals surface area contributed by atoms with Crippen molar-refractivity contribution in [3.05, 3.63) is 48.2 Å². The fraction of sp³-hybridized carbons (Fsp3) is 0.0769. The Labute approximate surface area is 114 Å². The first-order valence-electron chi connectivity index (χ1n) is 5.79. The Hall–Kier alpha value is -2.96. The summed E-state index contributed by atoms with van der Waals surface area (Å²) in [5.74, 6) is -1.22. The molecule has 0 fully saturated rings. The molecule has 0 atom stereocenters. The van der Waals surface area contributed by atoms with E-state index in [1.165, 1.54) is 12.3 Å². The van der Waals surface area contributed by atoms with Crippen LogP contribution in [-0.4, -0.2) is 32.0 Å². The van der Waals surface area contributed by atoms with E-state index in [0.29, 0.717) is 0 Å². The Morgan fingerprint density at radius 2 is 2.05 bits per heavy atom. The second-order valence-electron chi connectivity index (χ2n) is 3.89. The van der Waals surface area contributed by atoms with E-state index >= 15 is 0 Å². The van der Waals surface area contributed by atoms with Gasteiger partial charge in [0.1, 0.15) is 0 Å². The van der Waals surface area contributed by atoms with E-state index in [-0.39, 0.29) is 18.3 Å². The van der Waals surface area contributed by atoms with Crippen molar-refractivity contribution in [2.45, 2.75) is 6.54 Å². The average molecular weight is 272 g/mol. The number of hydrogen-bond acceptors (Lipinski definition) is 4. The Balaban J connectivity index is 1.93. The van der Waals surface area contributed by atoms with Crippen LogP contribution in [0, 0.1) is 0 Å². The van der Waals surface area contributed by atoms with E-state index in [2.05, 4.69) is 15.5 Å². The molecule has 0 saturated heterocycles. The summed E-state index contributed by atoms with van der Waals surface area (Å²) in [5, 5.41) is 18.6. The number of aromatic nitrogens is 3. The fourth-order valence-corrected chi connectivity index (χ4v) is 1.46. The van der Waals surface area contributed by atoms with Gasteiger partial charge in [0.25, 0.3) is 0 Å². The molecule has 0 aliphatic rings. The smallest absolute Gasteiger partial charge is 0.327 e. The summed E-state index contributed by atoms with van der Waals surface area (Å²) in [7, 11) is 0. The Morgan fingerprint density at radius 1 is 1.30 bits per heavy atom. The lowest BCUT2D eigenvalue weighted by atomic mass is 10.2. The van der Waals surface area contributed by atoms with Crippen LogP contribution in [0.15, 0.2) is 42.6 Å². The standard InChI is InChI=1S/C13H12N4O3/c18-12(7-6-10-4-2-1-3-5-10)15-11-8-14-17(16-11)9-13(19)20/h1-8H,9H2,(H,19,20)(H,15,16,18)/b7-6+. The van der Waals surface area contributed by atoms with Crippen molar-refractivity contribution >= 4 is 23.8 Å². The molecule has 0 saturated carbocycles. The van der Waals surface area contributed by atoms with Crippen LogP contribution >= 0.6 is 0 Å². The second kappa shape index (κ2) is 6.28. The maximum Gasteiger partial charge on any atom is 0.327 e. The van der Waals surface area contributed by atoms with E-state index in [4.69, 9.17) is 5.11 Å². The molecule has 0 aliphatic heterocycles. The van der Waals surface area contributed by atoms with Gasteiger partial charge >= 0.3 is 5.97 Å². The molecule has 2 rings (SSSR count). The molecule has 2 aromatic rings. The molecule has 20 heavy (non-hydrogen) atoms. The zero-order valence-electron chi connectivity index (χ0n) is 10.4. The number of carbonyl (C=O) groups excluding carboxylic acids is 1. The highest BCUT2D eigenvalue weighted by Crippen LogP contribution is 2.03. The third kappa shape index (κ3) is 4.05. The van der Waals surface area contributed by atoms with Gasteiger partial charge in [-0.25, -0.2) is 0 Å². The molecular formula is C13H12N4O3. The normalized spacial score (nSPS) is 10.6. The molecule has 0 spiro atoms. The Bertz CT molecular complexity index is 634. The highest BCUT2D eigenvalue weighted by atomic mass is 16.4. The third-order valence-corrected chi connectivity index (χ3v) is 2.29. The SMILES string of the molecule is O=C(O)Cn1ncc(NC(=O)/C=C/c2ccccc2)n1. The van der Waals surface area contributed by atoms with Crippen LogP contribution in [0.25, 0.3) is 6.08 Å². The van der Waals surface area contributed by atoms with Gasteiger partial charge in [-0.1, -0.05) is 30.3 Å². The van der Waals surface area contributed by atoms with Crippen LogP contribution in [-0.2, 0) is 16.1 Å². The quantitative estimate of drug-likeness (QED) is 0.792. The number of carboxylic acids is 1. The largest absolute Gasteiger partial charge is 0.480 e. The van der Waals surface area contributed by atoms with E-state index in [1.807, 2.05) is 30.3 Å². The molecule has 1 aromatic heterocycles. The van der Waals surface area contributed by atoms with E-state index < -0.39 is 5.97 Å². The summed E-state index contributed by atoms with van der Waals surface area (Å²) in [6.07, 6.45) is 4.32. The summed E-state index contributed by atoms with van der Waals surface area (Å²) in [6, 6.07) is 9.36. The summed E-state index contributed by atoms with van der Waals surface area (Å²) < 4.78 is 0. The fourth-order valence-electron chi connectivity index (χ4n) is 1.46. The summed E-state index contributed by atoms with van der Waals surface area (Å²) in [5.41, 5.74) is 0.900. The van der Waals surface area contributed by atoms with Gasteiger partial charge in [-0.3, -0.25) is 9.59 Å². The van der Waals surface area contributed by atoms with Crippen molar-refractivity contribution in [2.24, 2.45) is 0 Å².